The van der Waals surface area contributed by atoms with Crippen molar-refractivity contribution in [1.29, 1.82) is 0 Å². The molecule has 0 heterocycles. The SMILES string of the molecule is CN(CC(O)C1CC1)C(=O)Nc1c(F)cc(F)cc1Cl. The predicted molar refractivity (Wildman–Crippen MR) is 71.7 cm³/mol. The zero-order valence-corrected chi connectivity index (χ0v) is 11.6. The maximum absolute atomic E-state index is 13.5. The topological polar surface area (TPSA) is 52.6 Å². The molecule has 1 aliphatic rings. The van der Waals surface area contributed by atoms with Crippen LogP contribution in [0.2, 0.25) is 5.02 Å². The van der Waals surface area contributed by atoms with Crippen LogP contribution >= 0.6 is 11.6 Å². The summed E-state index contributed by atoms with van der Waals surface area (Å²) in [7, 11) is 1.48. The summed E-state index contributed by atoms with van der Waals surface area (Å²) in [6.07, 6.45) is 1.32. The van der Waals surface area contributed by atoms with Crippen molar-refractivity contribution in [3.05, 3.63) is 28.8 Å². The van der Waals surface area contributed by atoms with E-state index in [0.717, 1.165) is 18.9 Å². The van der Waals surface area contributed by atoms with Crippen molar-refractivity contribution < 1.29 is 18.7 Å². The van der Waals surface area contributed by atoms with Gasteiger partial charge in [0.15, 0.2) is 5.82 Å². The van der Waals surface area contributed by atoms with Crippen LogP contribution in [0.15, 0.2) is 12.1 Å². The van der Waals surface area contributed by atoms with Crippen LogP contribution in [-0.4, -0.2) is 35.7 Å². The number of nitrogens with zero attached hydrogens (tertiary/aromatic N) is 1. The molecule has 0 aliphatic heterocycles. The van der Waals surface area contributed by atoms with E-state index in [4.69, 9.17) is 11.6 Å². The lowest BCUT2D eigenvalue weighted by atomic mass is 10.2. The van der Waals surface area contributed by atoms with E-state index in [9.17, 15) is 18.7 Å². The number of hydrogen-bond donors (Lipinski definition) is 2. The molecule has 0 spiro atoms. The summed E-state index contributed by atoms with van der Waals surface area (Å²) in [5.74, 6) is -1.53. The monoisotopic (exact) mass is 304 g/mol. The zero-order chi connectivity index (χ0) is 14.9. The third-order valence-corrected chi connectivity index (χ3v) is 3.51. The molecule has 4 nitrogen and oxygen atoms in total. The third kappa shape index (κ3) is 3.58. The molecule has 1 aromatic rings. The van der Waals surface area contributed by atoms with E-state index >= 15 is 0 Å². The van der Waals surface area contributed by atoms with Crippen molar-refractivity contribution in [1.82, 2.24) is 4.90 Å². The first-order valence-corrected chi connectivity index (χ1v) is 6.61. The second-order valence-corrected chi connectivity index (χ2v) is 5.37. The molecular formula is C13H15ClF2N2O2. The van der Waals surface area contributed by atoms with Crippen LogP contribution in [0.25, 0.3) is 0 Å². The summed E-state index contributed by atoms with van der Waals surface area (Å²) in [6.45, 7) is 0.150. The molecule has 1 fully saturated rings. The lowest BCUT2D eigenvalue weighted by Crippen LogP contribution is -2.38. The van der Waals surface area contributed by atoms with Gasteiger partial charge in [-0.05, 0) is 24.8 Å². The predicted octanol–water partition coefficient (Wildman–Crippen LogP) is 2.85. The summed E-state index contributed by atoms with van der Waals surface area (Å²) >= 11 is 5.69. The van der Waals surface area contributed by atoms with E-state index in [0.29, 0.717) is 6.07 Å². The minimum Gasteiger partial charge on any atom is -0.391 e. The van der Waals surface area contributed by atoms with E-state index in [1.165, 1.54) is 11.9 Å². The Bertz CT molecular complexity index is 500. The summed E-state index contributed by atoms with van der Waals surface area (Å²) in [6, 6.07) is 0.942. The lowest BCUT2D eigenvalue weighted by molar-refractivity contribution is 0.117. The van der Waals surface area contributed by atoms with Gasteiger partial charge in [-0.25, -0.2) is 13.6 Å². The number of halogens is 3. The Hall–Kier alpha value is -1.40. The number of aliphatic hydroxyl groups is 1. The molecule has 1 unspecified atom stereocenters. The van der Waals surface area contributed by atoms with Crippen LogP contribution in [0.3, 0.4) is 0 Å². The molecule has 0 bridgehead atoms. The van der Waals surface area contributed by atoms with Crippen molar-refractivity contribution in [2.75, 3.05) is 18.9 Å². The highest BCUT2D eigenvalue weighted by Crippen LogP contribution is 2.33. The second kappa shape index (κ2) is 5.93. The Morgan fingerprint density at radius 1 is 1.55 bits per heavy atom. The number of urea groups is 1. The smallest absolute Gasteiger partial charge is 0.321 e. The number of nitrogens with one attached hydrogen (secondary N) is 1. The summed E-state index contributed by atoms with van der Waals surface area (Å²) in [5.41, 5.74) is -0.272. The first-order valence-electron chi connectivity index (χ1n) is 6.23. The van der Waals surface area contributed by atoms with Crippen LogP contribution in [0.1, 0.15) is 12.8 Å². The average molecular weight is 305 g/mol. The summed E-state index contributed by atoms with van der Waals surface area (Å²) in [4.78, 5) is 13.1. The molecule has 20 heavy (non-hydrogen) atoms. The van der Waals surface area contributed by atoms with E-state index in [1.54, 1.807) is 0 Å². The van der Waals surface area contributed by atoms with Gasteiger partial charge < -0.3 is 15.3 Å². The maximum Gasteiger partial charge on any atom is 0.321 e. The van der Waals surface area contributed by atoms with Crippen molar-refractivity contribution in [3.8, 4) is 0 Å². The first kappa shape index (κ1) is 15.0. The number of anilines is 1. The molecule has 0 saturated heterocycles. The fourth-order valence-electron chi connectivity index (χ4n) is 1.86. The zero-order valence-electron chi connectivity index (χ0n) is 10.9. The lowest BCUT2D eigenvalue weighted by Gasteiger charge is -2.21. The number of carbonyl (C=O) groups is 1. The number of rotatable bonds is 4. The van der Waals surface area contributed by atoms with Gasteiger partial charge in [0.1, 0.15) is 5.82 Å². The highest BCUT2D eigenvalue weighted by atomic mass is 35.5. The van der Waals surface area contributed by atoms with Crippen molar-refractivity contribution in [2.24, 2.45) is 5.92 Å². The largest absolute Gasteiger partial charge is 0.391 e. The molecule has 0 radical (unpaired) electrons. The normalized spacial score (nSPS) is 15.8. The number of likely N-dealkylation sites (N-methyl/N-ethyl adjacent to an activating group) is 1. The number of amides is 2. The van der Waals surface area contributed by atoms with Crippen molar-refractivity contribution >= 4 is 23.3 Å². The molecule has 1 aliphatic carbocycles. The Kier molecular flexibility index (Phi) is 4.45. The third-order valence-electron chi connectivity index (χ3n) is 3.21. The van der Waals surface area contributed by atoms with Crippen LogP contribution in [0.5, 0.6) is 0 Å². The Morgan fingerprint density at radius 3 is 2.75 bits per heavy atom. The van der Waals surface area contributed by atoms with Crippen LogP contribution in [-0.2, 0) is 0 Å². The summed E-state index contributed by atoms with van der Waals surface area (Å²) in [5, 5.41) is 11.8. The molecular weight excluding hydrogens is 290 g/mol. The number of aliphatic hydroxyl groups excluding tert-OH is 1. The average Bonchev–Trinajstić information content (AvgIpc) is 3.17. The molecule has 2 N–H and O–H groups in total. The van der Waals surface area contributed by atoms with Crippen LogP contribution in [0.4, 0.5) is 19.3 Å². The molecule has 2 rings (SSSR count). The fourth-order valence-corrected chi connectivity index (χ4v) is 2.10. The highest BCUT2D eigenvalue weighted by Gasteiger charge is 2.31. The molecule has 1 aromatic carbocycles. The second-order valence-electron chi connectivity index (χ2n) is 4.96. The molecule has 7 heteroatoms. The minimum absolute atomic E-state index is 0.150. The highest BCUT2D eigenvalue weighted by molar-refractivity contribution is 6.33. The molecule has 1 saturated carbocycles. The van der Waals surface area contributed by atoms with Gasteiger partial charge in [-0.15, -0.1) is 0 Å². The molecule has 0 aromatic heterocycles. The van der Waals surface area contributed by atoms with Gasteiger partial charge in [0, 0.05) is 19.7 Å². The van der Waals surface area contributed by atoms with Crippen molar-refractivity contribution in [3.63, 3.8) is 0 Å². The number of benzene rings is 1. The van der Waals surface area contributed by atoms with Crippen LogP contribution < -0.4 is 5.32 Å². The first-order chi connectivity index (χ1) is 9.38. The minimum atomic E-state index is -0.945. The van der Waals surface area contributed by atoms with E-state index in [-0.39, 0.29) is 23.2 Å². The van der Waals surface area contributed by atoms with Gasteiger partial charge in [-0.3, -0.25) is 0 Å². The van der Waals surface area contributed by atoms with Gasteiger partial charge in [0.05, 0.1) is 16.8 Å². The molecule has 1 atom stereocenters. The van der Waals surface area contributed by atoms with E-state index in [2.05, 4.69) is 5.32 Å². The van der Waals surface area contributed by atoms with Gasteiger partial charge in [0.25, 0.3) is 0 Å². The van der Waals surface area contributed by atoms with Gasteiger partial charge in [0.2, 0.25) is 0 Å². The van der Waals surface area contributed by atoms with E-state index in [1.807, 2.05) is 0 Å². The number of carbonyl (C=O) groups excluding carboxylic acids is 1. The Morgan fingerprint density at radius 2 is 2.20 bits per heavy atom. The Balaban J connectivity index is 2.00. The Labute approximate surface area is 120 Å². The van der Waals surface area contributed by atoms with Crippen LogP contribution in [0, 0.1) is 17.6 Å². The standard InChI is InChI=1S/C13H15ClF2N2O2/c1-18(6-11(19)7-2-3-7)13(20)17-12-9(14)4-8(15)5-10(12)16/h4-5,7,11,19H,2-3,6H2,1H3,(H,17,20). The van der Waals surface area contributed by atoms with Gasteiger partial charge >= 0.3 is 6.03 Å². The quantitative estimate of drug-likeness (QED) is 0.898. The maximum atomic E-state index is 13.5. The van der Waals surface area contributed by atoms with E-state index < -0.39 is 23.8 Å². The molecule has 2 amide bonds. The van der Waals surface area contributed by atoms with Gasteiger partial charge in [-0.2, -0.15) is 0 Å². The molecule has 110 valence electrons. The fraction of sp³-hybridized carbons (Fsp3) is 0.462. The van der Waals surface area contributed by atoms with Gasteiger partial charge in [-0.1, -0.05) is 11.6 Å². The summed E-state index contributed by atoms with van der Waals surface area (Å²) < 4.78 is 26.4. The number of hydrogen-bond acceptors (Lipinski definition) is 2. The van der Waals surface area contributed by atoms with Crippen molar-refractivity contribution in [2.45, 2.75) is 18.9 Å².